The average molecular weight is 302 g/mol. The van der Waals surface area contributed by atoms with E-state index in [1.165, 1.54) is 0 Å². The highest BCUT2D eigenvalue weighted by molar-refractivity contribution is 5.83. The predicted molar refractivity (Wildman–Crippen MR) is 72.9 cm³/mol. The number of carboxylic acid groups (broad SMARTS) is 2. The summed E-state index contributed by atoms with van der Waals surface area (Å²) >= 11 is 0. The third kappa shape index (κ3) is 4.32. The number of ether oxygens (including phenoxy) is 1. The molecule has 8 nitrogen and oxygen atoms in total. The average Bonchev–Trinajstić information content (AvgIpc) is 2.38. The van der Waals surface area contributed by atoms with Crippen molar-refractivity contribution in [2.45, 2.75) is 51.3 Å². The van der Waals surface area contributed by atoms with Crippen molar-refractivity contribution in [2.24, 2.45) is 5.41 Å². The number of carbonyl (C=O) groups excluding carboxylic acids is 1. The maximum absolute atomic E-state index is 11.8. The molecule has 0 aromatic carbocycles. The first kappa shape index (κ1) is 17.2. The van der Waals surface area contributed by atoms with Crippen molar-refractivity contribution in [3.8, 4) is 0 Å². The first-order valence-corrected chi connectivity index (χ1v) is 6.73. The largest absolute Gasteiger partial charge is 0.481 e. The molecule has 0 saturated heterocycles. The standard InChI is InChI=1S/C13H22N2O6/c1-13(2)8(6-9(13)21-3)15-12(20)14-7(11(18)19)4-5-10(16)17/h7-9H,4-6H2,1-3H3,(H,16,17)(H,18,19)(H2,14,15,20)/t7-,8?,9?/m0/s1. The number of hydrogen-bond donors (Lipinski definition) is 4. The molecule has 1 aliphatic rings. The van der Waals surface area contributed by atoms with Crippen LogP contribution in [0, 0.1) is 5.41 Å². The number of methoxy groups -OCH3 is 1. The van der Waals surface area contributed by atoms with E-state index in [2.05, 4.69) is 10.6 Å². The van der Waals surface area contributed by atoms with Gasteiger partial charge in [-0.05, 0) is 12.8 Å². The summed E-state index contributed by atoms with van der Waals surface area (Å²) < 4.78 is 5.27. The lowest BCUT2D eigenvalue weighted by Gasteiger charge is -2.51. The second kappa shape index (κ2) is 6.75. The van der Waals surface area contributed by atoms with Gasteiger partial charge in [0.2, 0.25) is 0 Å². The smallest absolute Gasteiger partial charge is 0.326 e. The van der Waals surface area contributed by atoms with E-state index in [0.29, 0.717) is 6.42 Å². The second-order valence-corrected chi connectivity index (χ2v) is 5.78. The molecule has 1 aliphatic carbocycles. The van der Waals surface area contributed by atoms with Gasteiger partial charge in [-0.15, -0.1) is 0 Å². The Morgan fingerprint density at radius 2 is 1.95 bits per heavy atom. The molecule has 0 radical (unpaired) electrons. The van der Waals surface area contributed by atoms with Crippen LogP contribution in [-0.4, -0.2) is 53.5 Å². The summed E-state index contributed by atoms with van der Waals surface area (Å²) in [6.45, 7) is 3.91. The zero-order valence-electron chi connectivity index (χ0n) is 12.4. The van der Waals surface area contributed by atoms with Crippen LogP contribution in [0.15, 0.2) is 0 Å². The van der Waals surface area contributed by atoms with E-state index in [1.807, 2.05) is 13.8 Å². The molecule has 3 atom stereocenters. The lowest BCUT2D eigenvalue weighted by atomic mass is 9.64. The van der Waals surface area contributed by atoms with Crippen molar-refractivity contribution >= 4 is 18.0 Å². The molecule has 120 valence electrons. The third-order valence-electron chi connectivity index (χ3n) is 4.02. The van der Waals surface area contributed by atoms with Crippen LogP contribution in [-0.2, 0) is 14.3 Å². The molecule has 0 aromatic rings. The first-order valence-electron chi connectivity index (χ1n) is 6.73. The Kier molecular flexibility index (Phi) is 5.54. The molecule has 1 fully saturated rings. The van der Waals surface area contributed by atoms with E-state index in [4.69, 9.17) is 14.9 Å². The maximum Gasteiger partial charge on any atom is 0.326 e. The second-order valence-electron chi connectivity index (χ2n) is 5.78. The molecule has 1 rings (SSSR count). The minimum absolute atomic E-state index is 0.0464. The first-order chi connectivity index (χ1) is 9.68. The van der Waals surface area contributed by atoms with Crippen molar-refractivity contribution in [3.63, 3.8) is 0 Å². The Labute approximate surface area is 122 Å². The summed E-state index contributed by atoms with van der Waals surface area (Å²) in [6, 6.07) is -1.95. The molecule has 2 unspecified atom stereocenters. The number of carbonyl (C=O) groups is 3. The monoisotopic (exact) mass is 302 g/mol. The molecule has 1 saturated carbocycles. The Bertz CT molecular complexity index is 423. The zero-order valence-corrected chi connectivity index (χ0v) is 12.4. The fourth-order valence-electron chi connectivity index (χ4n) is 2.41. The summed E-state index contributed by atoms with van der Waals surface area (Å²) in [4.78, 5) is 33.3. The number of urea groups is 1. The lowest BCUT2D eigenvalue weighted by molar-refractivity contribution is -0.140. The van der Waals surface area contributed by atoms with Crippen LogP contribution in [0.2, 0.25) is 0 Å². The number of aliphatic carboxylic acids is 2. The molecule has 0 aliphatic heterocycles. The van der Waals surface area contributed by atoms with Crippen molar-refractivity contribution in [3.05, 3.63) is 0 Å². The molecule has 2 amide bonds. The van der Waals surface area contributed by atoms with Gasteiger partial charge in [-0.3, -0.25) is 4.79 Å². The van der Waals surface area contributed by atoms with Crippen LogP contribution >= 0.6 is 0 Å². The molecule has 0 aromatic heterocycles. The number of hydrogen-bond acceptors (Lipinski definition) is 4. The topological polar surface area (TPSA) is 125 Å². The molecule has 0 heterocycles. The molecular formula is C13H22N2O6. The fourth-order valence-corrected chi connectivity index (χ4v) is 2.41. The van der Waals surface area contributed by atoms with Crippen LogP contribution in [0.3, 0.4) is 0 Å². The third-order valence-corrected chi connectivity index (χ3v) is 4.02. The molecular weight excluding hydrogens is 280 g/mol. The van der Waals surface area contributed by atoms with Gasteiger partial charge >= 0.3 is 18.0 Å². The fraction of sp³-hybridized carbons (Fsp3) is 0.769. The van der Waals surface area contributed by atoms with E-state index >= 15 is 0 Å². The summed E-state index contributed by atoms with van der Waals surface area (Å²) in [7, 11) is 1.61. The van der Waals surface area contributed by atoms with Crippen molar-refractivity contribution in [2.75, 3.05) is 7.11 Å². The molecule has 21 heavy (non-hydrogen) atoms. The van der Waals surface area contributed by atoms with Gasteiger partial charge in [0.25, 0.3) is 0 Å². The van der Waals surface area contributed by atoms with E-state index in [1.54, 1.807) is 7.11 Å². The SMILES string of the molecule is COC1CC(NC(=O)N[C@@H](CCC(=O)O)C(=O)O)C1(C)C. The van der Waals surface area contributed by atoms with E-state index in [9.17, 15) is 14.4 Å². The van der Waals surface area contributed by atoms with Gasteiger partial charge < -0.3 is 25.6 Å². The van der Waals surface area contributed by atoms with E-state index < -0.39 is 24.0 Å². The van der Waals surface area contributed by atoms with E-state index in [-0.39, 0.29) is 30.4 Å². The van der Waals surface area contributed by atoms with Crippen LogP contribution in [0.5, 0.6) is 0 Å². The highest BCUT2D eigenvalue weighted by Gasteiger charge is 2.49. The highest BCUT2D eigenvalue weighted by atomic mass is 16.5. The van der Waals surface area contributed by atoms with Gasteiger partial charge in [0.05, 0.1) is 6.10 Å². The Hall–Kier alpha value is -1.83. The molecule has 0 bridgehead atoms. The van der Waals surface area contributed by atoms with Gasteiger partial charge in [-0.1, -0.05) is 13.8 Å². The van der Waals surface area contributed by atoms with Crippen LogP contribution < -0.4 is 10.6 Å². The minimum atomic E-state index is -1.26. The number of carboxylic acids is 2. The van der Waals surface area contributed by atoms with Crippen LogP contribution in [0.25, 0.3) is 0 Å². The van der Waals surface area contributed by atoms with E-state index in [0.717, 1.165) is 0 Å². The van der Waals surface area contributed by atoms with Gasteiger partial charge in [0.15, 0.2) is 0 Å². The van der Waals surface area contributed by atoms with Gasteiger partial charge in [0.1, 0.15) is 6.04 Å². The summed E-state index contributed by atoms with van der Waals surface area (Å²) in [6.07, 6.45) is 0.222. The van der Waals surface area contributed by atoms with Crippen molar-refractivity contribution in [1.82, 2.24) is 10.6 Å². The van der Waals surface area contributed by atoms with Crippen molar-refractivity contribution < 1.29 is 29.3 Å². The van der Waals surface area contributed by atoms with Crippen molar-refractivity contribution in [1.29, 1.82) is 0 Å². The minimum Gasteiger partial charge on any atom is -0.481 e. The predicted octanol–water partition coefficient (Wildman–Crippen LogP) is 0.417. The highest BCUT2D eigenvalue weighted by Crippen LogP contribution is 2.42. The molecule has 8 heteroatoms. The zero-order chi connectivity index (χ0) is 16.2. The Morgan fingerprint density at radius 3 is 2.38 bits per heavy atom. The Morgan fingerprint density at radius 1 is 1.33 bits per heavy atom. The maximum atomic E-state index is 11.8. The molecule has 0 spiro atoms. The van der Waals surface area contributed by atoms with Crippen LogP contribution in [0.4, 0.5) is 4.79 Å². The number of nitrogens with one attached hydrogen (secondary N) is 2. The van der Waals surface area contributed by atoms with Gasteiger partial charge in [0, 0.05) is 25.0 Å². The summed E-state index contributed by atoms with van der Waals surface area (Å²) in [5.41, 5.74) is -0.230. The summed E-state index contributed by atoms with van der Waals surface area (Å²) in [5.74, 6) is -2.36. The van der Waals surface area contributed by atoms with Gasteiger partial charge in [-0.2, -0.15) is 0 Å². The number of rotatable bonds is 7. The molecule has 4 N–H and O–H groups in total. The number of amides is 2. The quantitative estimate of drug-likeness (QED) is 0.540. The lowest BCUT2D eigenvalue weighted by Crippen LogP contribution is -2.63. The van der Waals surface area contributed by atoms with Crippen LogP contribution in [0.1, 0.15) is 33.1 Å². The summed E-state index contributed by atoms with van der Waals surface area (Å²) in [5, 5.41) is 22.5. The normalized spacial score (nSPS) is 24.5. The Balaban J connectivity index is 2.48. The van der Waals surface area contributed by atoms with Gasteiger partial charge in [-0.25, -0.2) is 9.59 Å².